The molecule has 0 amide bonds. The van der Waals surface area contributed by atoms with Gasteiger partial charge in [-0.25, -0.2) is 4.39 Å². The van der Waals surface area contributed by atoms with Crippen molar-refractivity contribution in [3.8, 4) is 0 Å². The number of alkyl halides is 3. The molecule has 0 saturated carbocycles. The van der Waals surface area contributed by atoms with Crippen LogP contribution in [0.1, 0.15) is 36.8 Å². The van der Waals surface area contributed by atoms with Crippen LogP contribution in [-0.2, 0) is 12.7 Å². The fourth-order valence-electron chi connectivity index (χ4n) is 1.86. The fraction of sp³-hybridized carbons (Fsp3) is 0.571. The van der Waals surface area contributed by atoms with Gasteiger partial charge in [-0.1, -0.05) is 12.8 Å². The van der Waals surface area contributed by atoms with E-state index in [0.717, 1.165) is 37.8 Å². The molecule has 0 saturated heterocycles. The first-order valence-corrected chi connectivity index (χ1v) is 6.61. The highest BCUT2D eigenvalue weighted by Crippen LogP contribution is 2.30. The summed E-state index contributed by atoms with van der Waals surface area (Å²) in [6, 6.07) is 2.56. The van der Waals surface area contributed by atoms with Crippen LogP contribution >= 0.6 is 0 Å². The Balaban J connectivity index is 2.39. The molecule has 0 unspecified atom stereocenters. The highest BCUT2D eigenvalue weighted by Gasteiger charge is 2.31. The summed E-state index contributed by atoms with van der Waals surface area (Å²) in [4.78, 5) is 0. The van der Waals surface area contributed by atoms with E-state index in [0.29, 0.717) is 12.6 Å². The van der Waals surface area contributed by atoms with Gasteiger partial charge in [0.15, 0.2) is 0 Å². The Hall–Kier alpha value is -1.14. The number of hydrogen-bond donors (Lipinski definition) is 2. The summed E-state index contributed by atoms with van der Waals surface area (Å²) in [7, 11) is 0. The molecule has 0 radical (unpaired) electrons. The zero-order valence-corrected chi connectivity index (χ0v) is 11.1. The predicted molar refractivity (Wildman–Crippen MR) is 68.7 cm³/mol. The highest BCUT2D eigenvalue weighted by atomic mass is 19.4. The monoisotopic (exact) mass is 293 g/mol. The first kappa shape index (κ1) is 16.9. The quantitative estimate of drug-likeness (QED) is 0.568. The molecular formula is C14H19F4NO. The highest BCUT2D eigenvalue weighted by molar-refractivity contribution is 5.26. The van der Waals surface area contributed by atoms with E-state index < -0.39 is 17.6 Å². The van der Waals surface area contributed by atoms with Gasteiger partial charge >= 0.3 is 6.18 Å². The molecule has 6 heteroatoms. The Morgan fingerprint density at radius 3 is 2.35 bits per heavy atom. The molecule has 1 rings (SSSR count). The number of nitrogens with one attached hydrogen (secondary N) is 1. The van der Waals surface area contributed by atoms with Crippen molar-refractivity contribution in [1.82, 2.24) is 5.32 Å². The van der Waals surface area contributed by atoms with Crippen LogP contribution in [0.5, 0.6) is 0 Å². The molecule has 0 fully saturated rings. The van der Waals surface area contributed by atoms with Crippen LogP contribution in [0.15, 0.2) is 18.2 Å². The van der Waals surface area contributed by atoms with Gasteiger partial charge in [0.1, 0.15) is 5.82 Å². The maximum absolute atomic E-state index is 13.1. The van der Waals surface area contributed by atoms with Crippen molar-refractivity contribution in [2.45, 2.75) is 38.4 Å². The molecule has 20 heavy (non-hydrogen) atoms. The molecule has 0 aliphatic heterocycles. The number of aliphatic hydroxyl groups is 1. The Morgan fingerprint density at radius 2 is 1.70 bits per heavy atom. The predicted octanol–water partition coefficient (Wildman–Crippen LogP) is 3.49. The maximum Gasteiger partial charge on any atom is 0.416 e. The van der Waals surface area contributed by atoms with E-state index in [9.17, 15) is 17.6 Å². The molecule has 0 heterocycles. The smallest absolute Gasteiger partial charge is 0.396 e. The van der Waals surface area contributed by atoms with Crippen molar-refractivity contribution < 1.29 is 22.7 Å². The van der Waals surface area contributed by atoms with Gasteiger partial charge in [0, 0.05) is 13.2 Å². The van der Waals surface area contributed by atoms with Crippen molar-refractivity contribution in [3.05, 3.63) is 35.1 Å². The topological polar surface area (TPSA) is 32.3 Å². The van der Waals surface area contributed by atoms with Gasteiger partial charge in [-0.2, -0.15) is 13.2 Å². The molecule has 1 aromatic rings. The van der Waals surface area contributed by atoms with E-state index in [-0.39, 0.29) is 18.7 Å². The number of unbranched alkanes of at least 4 members (excludes halogenated alkanes) is 3. The van der Waals surface area contributed by atoms with E-state index >= 15 is 0 Å². The summed E-state index contributed by atoms with van der Waals surface area (Å²) < 4.78 is 50.6. The molecule has 2 nitrogen and oxygen atoms in total. The molecule has 0 aliphatic rings. The van der Waals surface area contributed by atoms with Crippen LogP contribution in [0, 0.1) is 5.82 Å². The Kier molecular flexibility index (Phi) is 6.95. The van der Waals surface area contributed by atoms with Gasteiger partial charge < -0.3 is 10.4 Å². The van der Waals surface area contributed by atoms with E-state index in [1.165, 1.54) is 0 Å². The minimum absolute atomic E-state index is 0.178. The number of halogens is 4. The van der Waals surface area contributed by atoms with Gasteiger partial charge in [-0.15, -0.1) is 0 Å². The molecule has 0 aliphatic carbocycles. The van der Waals surface area contributed by atoms with Crippen LogP contribution in [-0.4, -0.2) is 18.3 Å². The van der Waals surface area contributed by atoms with Crippen LogP contribution in [0.4, 0.5) is 17.6 Å². The second kappa shape index (κ2) is 8.21. The van der Waals surface area contributed by atoms with Gasteiger partial charge in [0.05, 0.1) is 5.56 Å². The van der Waals surface area contributed by atoms with Crippen molar-refractivity contribution in [3.63, 3.8) is 0 Å². The van der Waals surface area contributed by atoms with Gasteiger partial charge in [-0.3, -0.25) is 0 Å². The summed E-state index contributed by atoms with van der Waals surface area (Å²) in [5.74, 6) is -0.875. The number of aliphatic hydroxyl groups excluding tert-OH is 1. The number of benzene rings is 1. The molecule has 0 aromatic heterocycles. The lowest BCUT2D eigenvalue weighted by Gasteiger charge is -2.10. The number of rotatable bonds is 8. The summed E-state index contributed by atoms with van der Waals surface area (Å²) in [6.07, 6.45) is -1.01. The minimum Gasteiger partial charge on any atom is -0.396 e. The standard InChI is InChI=1S/C14H19F4NO/c15-13-8-11(7-12(9-13)14(16,17)18)10-19-5-3-1-2-4-6-20/h7-9,19-20H,1-6,10H2. The zero-order chi connectivity index (χ0) is 15.0. The second-order valence-electron chi connectivity index (χ2n) is 4.66. The molecule has 1 aromatic carbocycles. The van der Waals surface area contributed by atoms with Crippen LogP contribution in [0.25, 0.3) is 0 Å². The average molecular weight is 293 g/mol. The molecule has 2 N–H and O–H groups in total. The number of hydrogen-bond acceptors (Lipinski definition) is 2. The Morgan fingerprint density at radius 1 is 1.00 bits per heavy atom. The third kappa shape index (κ3) is 6.34. The van der Waals surface area contributed by atoms with Crippen LogP contribution in [0.3, 0.4) is 0 Å². The van der Waals surface area contributed by atoms with Crippen molar-refractivity contribution in [2.75, 3.05) is 13.2 Å². The largest absolute Gasteiger partial charge is 0.416 e. The lowest BCUT2D eigenvalue weighted by Crippen LogP contribution is -2.16. The second-order valence-corrected chi connectivity index (χ2v) is 4.66. The summed E-state index contributed by atoms with van der Waals surface area (Å²) >= 11 is 0. The van der Waals surface area contributed by atoms with E-state index in [1.807, 2.05) is 0 Å². The lowest BCUT2D eigenvalue weighted by atomic mass is 10.1. The zero-order valence-electron chi connectivity index (χ0n) is 11.1. The van der Waals surface area contributed by atoms with Gasteiger partial charge in [0.25, 0.3) is 0 Å². The third-order valence-electron chi connectivity index (χ3n) is 2.88. The molecule has 0 bridgehead atoms. The Bertz CT molecular complexity index is 407. The van der Waals surface area contributed by atoms with E-state index in [1.54, 1.807) is 0 Å². The molecule has 0 atom stereocenters. The first-order valence-electron chi connectivity index (χ1n) is 6.61. The van der Waals surface area contributed by atoms with Crippen molar-refractivity contribution in [1.29, 1.82) is 0 Å². The summed E-state index contributed by atoms with van der Waals surface area (Å²) in [6.45, 7) is 1.04. The minimum atomic E-state index is -4.53. The molecular weight excluding hydrogens is 274 g/mol. The molecule has 114 valence electrons. The first-order chi connectivity index (χ1) is 9.43. The van der Waals surface area contributed by atoms with E-state index in [2.05, 4.69) is 5.32 Å². The SMILES string of the molecule is OCCCCCCNCc1cc(F)cc(C(F)(F)F)c1. The van der Waals surface area contributed by atoms with Crippen LogP contribution in [0.2, 0.25) is 0 Å². The Labute approximate surface area is 115 Å². The fourth-order valence-corrected chi connectivity index (χ4v) is 1.86. The van der Waals surface area contributed by atoms with Gasteiger partial charge in [-0.05, 0) is 43.1 Å². The van der Waals surface area contributed by atoms with E-state index in [4.69, 9.17) is 5.11 Å². The average Bonchev–Trinajstić information content (AvgIpc) is 2.36. The van der Waals surface area contributed by atoms with Gasteiger partial charge in [0.2, 0.25) is 0 Å². The summed E-state index contributed by atoms with van der Waals surface area (Å²) in [5, 5.41) is 11.6. The van der Waals surface area contributed by atoms with Crippen molar-refractivity contribution in [2.24, 2.45) is 0 Å². The third-order valence-corrected chi connectivity index (χ3v) is 2.88. The molecule has 0 spiro atoms. The maximum atomic E-state index is 13.1. The normalized spacial score (nSPS) is 11.8. The van der Waals surface area contributed by atoms with Crippen molar-refractivity contribution >= 4 is 0 Å². The van der Waals surface area contributed by atoms with Crippen LogP contribution < -0.4 is 5.32 Å². The lowest BCUT2D eigenvalue weighted by molar-refractivity contribution is -0.137. The summed E-state index contributed by atoms with van der Waals surface area (Å²) in [5.41, 5.74) is -0.676.